The van der Waals surface area contributed by atoms with E-state index in [2.05, 4.69) is 0 Å². The van der Waals surface area contributed by atoms with Gasteiger partial charge in [0.05, 0.1) is 10.6 Å². The highest BCUT2D eigenvalue weighted by atomic mass is 35.5. The Labute approximate surface area is 97.9 Å². The van der Waals surface area contributed by atoms with Crippen LogP contribution in [-0.2, 0) is 11.0 Å². The predicted molar refractivity (Wildman–Crippen MR) is 50.7 cm³/mol. The van der Waals surface area contributed by atoms with Crippen LogP contribution < -0.4 is 0 Å². The first-order valence-electron chi connectivity index (χ1n) is 4.15. The number of aliphatic hydroxyl groups excluding tert-OH is 1. The zero-order valence-corrected chi connectivity index (χ0v) is 8.75. The number of aliphatic carboxylic acids is 1. The average molecular weight is 271 g/mol. The van der Waals surface area contributed by atoms with Crippen LogP contribution in [0.25, 0.3) is 0 Å². The molecule has 1 aromatic rings. The van der Waals surface area contributed by atoms with Gasteiger partial charge in [0, 0.05) is 5.56 Å². The van der Waals surface area contributed by atoms with Crippen molar-refractivity contribution in [3.05, 3.63) is 28.3 Å². The molecule has 1 rings (SSSR count). The quantitative estimate of drug-likeness (QED) is 0.770. The number of carboxylic acid groups (broad SMARTS) is 1. The Bertz CT molecular complexity index is 458. The highest BCUT2D eigenvalue weighted by Gasteiger charge is 2.34. The molecule has 3 N–H and O–H groups in total. The zero-order chi connectivity index (χ0) is 13.4. The Morgan fingerprint density at radius 2 is 1.88 bits per heavy atom. The molecule has 17 heavy (non-hydrogen) atoms. The standard InChI is InChI=1S/C9H6ClF3O4/c10-5-2-3(9(11,12)13)1-4(6(5)14)7(15)8(16)17/h1-2,7,14-15H,(H,16,17). The number of benzene rings is 1. The Kier molecular flexibility index (Phi) is 3.53. The molecule has 1 aromatic carbocycles. The first-order chi connectivity index (χ1) is 7.64. The molecule has 0 radical (unpaired) electrons. The second-order valence-electron chi connectivity index (χ2n) is 3.13. The van der Waals surface area contributed by atoms with Crippen LogP contribution >= 0.6 is 11.6 Å². The van der Waals surface area contributed by atoms with Gasteiger partial charge in [-0.1, -0.05) is 11.6 Å². The molecule has 0 spiro atoms. The fourth-order valence-corrected chi connectivity index (χ4v) is 1.35. The number of alkyl halides is 3. The first kappa shape index (κ1) is 13.6. The second-order valence-corrected chi connectivity index (χ2v) is 3.54. The molecule has 0 amide bonds. The summed E-state index contributed by atoms with van der Waals surface area (Å²) in [5, 5.41) is 26.2. The molecule has 4 nitrogen and oxygen atoms in total. The largest absolute Gasteiger partial charge is 0.506 e. The van der Waals surface area contributed by atoms with Gasteiger partial charge in [-0.2, -0.15) is 13.2 Å². The van der Waals surface area contributed by atoms with Crippen LogP contribution in [0.2, 0.25) is 5.02 Å². The highest BCUT2D eigenvalue weighted by Crippen LogP contribution is 2.39. The summed E-state index contributed by atoms with van der Waals surface area (Å²) in [4.78, 5) is 10.4. The van der Waals surface area contributed by atoms with Crippen molar-refractivity contribution in [1.82, 2.24) is 0 Å². The monoisotopic (exact) mass is 270 g/mol. The molecule has 0 heterocycles. The van der Waals surface area contributed by atoms with Crippen LogP contribution in [-0.4, -0.2) is 21.3 Å². The lowest BCUT2D eigenvalue weighted by atomic mass is 10.0. The summed E-state index contributed by atoms with van der Waals surface area (Å²) in [5.74, 6) is -2.69. The van der Waals surface area contributed by atoms with E-state index in [0.29, 0.717) is 12.1 Å². The Balaban J connectivity index is 3.40. The van der Waals surface area contributed by atoms with E-state index in [0.717, 1.165) is 0 Å². The number of phenols is 1. The lowest BCUT2D eigenvalue weighted by molar-refractivity contribution is -0.147. The number of rotatable bonds is 2. The topological polar surface area (TPSA) is 77.8 Å². The third-order valence-electron chi connectivity index (χ3n) is 1.95. The van der Waals surface area contributed by atoms with E-state index >= 15 is 0 Å². The van der Waals surface area contributed by atoms with E-state index in [1.165, 1.54) is 0 Å². The molecule has 1 atom stereocenters. The van der Waals surface area contributed by atoms with E-state index in [9.17, 15) is 23.1 Å². The highest BCUT2D eigenvalue weighted by molar-refractivity contribution is 6.32. The summed E-state index contributed by atoms with van der Waals surface area (Å²) in [7, 11) is 0. The Morgan fingerprint density at radius 1 is 1.35 bits per heavy atom. The SMILES string of the molecule is O=C(O)C(O)c1cc(C(F)(F)F)cc(Cl)c1O. The normalized spacial score (nSPS) is 13.5. The van der Waals surface area contributed by atoms with Gasteiger partial charge in [0.15, 0.2) is 6.10 Å². The molecule has 94 valence electrons. The summed E-state index contributed by atoms with van der Waals surface area (Å²) < 4.78 is 37.1. The van der Waals surface area contributed by atoms with Crippen LogP contribution in [0.3, 0.4) is 0 Å². The average Bonchev–Trinajstić information content (AvgIpc) is 2.19. The van der Waals surface area contributed by atoms with Crippen LogP contribution in [0.15, 0.2) is 12.1 Å². The van der Waals surface area contributed by atoms with Gasteiger partial charge in [-0.3, -0.25) is 0 Å². The number of hydrogen-bond donors (Lipinski definition) is 3. The van der Waals surface area contributed by atoms with E-state index in [-0.39, 0.29) is 0 Å². The minimum atomic E-state index is -4.76. The van der Waals surface area contributed by atoms with Gasteiger partial charge in [0.1, 0.15) is 5.75 Å². The summed E-state index contributed by atoms with van der Waals surface area (Å²) in [5.41, 5.74) is -2.06. The van der Waals surface area contributed by atoms with Gasteiger partial charge in [-0.05, 0) is 12.1 Å². The third kappa shape index (κ3) is 2.80. The first-order valence-corrected chi connectivity index (χ1v) is 4.53. The van der Waals surface area contributed by atoms with Crippen LogP contribution in [0.1, 0.15) is 17.2 Å². The molecular weight excluding hydrogens is 265 g/mol. The van der Waals surface area contributed by atoms with Gasteiger partial charge in [-0.25, -0.2) is 4.79 Å². The fraction of sp³-hybridized carbons (Fsp3) is 0.222. The fourth-order valence-electron chi connectivity index (χ4n) is 1.13. The van der Waals surface area contributed by atoms with Crippen molar-refractivity contribution in [3.63, 3.8) is 0 Å². The molecule has 8 heteroatoms. The van der Waals surface area contributed by atoms with Crippen molar-refractivity contribution in [2.24, 2.45) is 0 Å². The van der Waals surface area contributed by atoms with Crippen molar-refractivity contribution < 1.29 is 33.3 Å². The molecule has 0 fully saturated rings. The van der Waals surface area contributed by atoms with Crippen molar-refractivity contribution in [1.29, 1.82) is 0 Å². The lowest BCUT2D eigenvalue weighted by Gasteiger charge is -2.13. The molecule has 0 aliphatic heterocycles. The predicted octanol–water partition coefficient (Wildman–Crippen LogP) is 2.18. The second kappa shape index (κ2) is 4.42. The molecule has 1 unspecified atom stereocenters. The van der Waals surface area contributed by atoms with E-state index in [1.807, 2.05) is 0 Å². The molecule has 0 saturated heterocycles. The zero-order valence-electron chi connectivity index (χ0n) is 7.99. The number of hydrogen-bond acceptors (Lipinski definition) is 3. The van der Waals surface area contributed by atoms with Crippen molar-refractivity contribution in [2.75, 3.05) is 0 Å². The minimum absolute atomic E-state index is 0.333. The van der Waals surface area contributed by atoms with Crippen LogP contribution in [0, 0.1) is 0 Å². The van der Waals surface area contributed by atoms with Crippen molar-refractivity contribution >= 4 is 17.6 Å². The van der Waals surface area contributed by atoms with Gasteiger partial charge < -0.3 is 15.3 Å². The van der Waals surface area contributed by atoms with Gasteiger partial charge in [0.25, 0.3) is 0 Å². The maximum atomic E-state index is 12.4. The summed E-state index contributed by atoms with van der Waals surface area (Å²) >= 11 is 5.32. The number of aromatic hydroxyl groups is 1. The molecule has 0 aliphatic carbocycles. The van der Waals surface area contributed by atoms with E-state index < -0.39 is 40.1 Å². The summed E-state index contributed by atoms with van der Waals surface area (Å²) in [6.45, 7) is 0. The molecule has 0 aromatic heterocycles. The summed E-state index contributed by atoms with van der Waals surface area (Å²) in [6.07, 6.45) is -7.04. The van der Waals surface area contributed by atoms with Gasteiger partial charge >= 0.3 is 12.1 Å². The van der Waals surface area contributed by atoms with Crippen molar-refractivity contribution in [3.8, 4) is 5.75 Å². The Hall–Kier alpha value is -1.47. The number of carbonyl (C=O) groups is 1. The number of halogens is 4. The molecule has 0 saturated carbocycles. The van der Waals surface area contributed by atoms with Crippen LogP contribution in [0.5, 0.6) is 5.75 Å². The Morgan fingerprint density at radius 3 is 2.29 bits per heavy atom. The van der Waals surface area contributed by atoms with E-state index in [4.69, 9.17) is 21.8 Å². The van der Waals surface area contributed by atoms with Gasteiger partial charge in [-0.15, -0.1) is 0 Å². The lowest BCUT2D eigenvalue weighted by Crippen LogP contribution is -2.13. The molecule has 0 aliphatic rings. The third-order valence-corrected chi connectivity index (χ3v) is 2.24. The maximum Gasteiger partial charge on any atom is 0.416 e. The summed E-state index contributed by atoms with van der Waals surface area (Å²) in [6, 6.07) is 0.773. The molecular formula is C9H6ClF3O4. The molecule has 0 bridgehead atoms. The van der Waals surface area contributed by atoms with Crippen molar-refractivity contribution in [2.45, 2.75) is 12.3 Å². The minimum Gasteiger partial charge on any atom is -0.506 e. The number of aliphatic hydroxyl groups is 1. The van der Waals surface area contributed by atoms with E-state index in [1.54, 1.807) is 0 Å². The smallest absolute Gasteiger partial charge is 0.416 e. The maximum absolute atomic E-state index is 12.4. The van der Waals surface area contributed by atoms with Gasteiger partial charge in [0.2, 0.25) is 0 Å². The number of phenolic OH excluding ortho intramolecular Hbond substituents is 1. The number of carboxylic acids is 1. The van der Waals surface area contributed by atoms with Crippen LogP contribution in [0.4, 0.5) is 13.2 Å².